The van der Waals surface area contributed by atoms with E-state index in [4.69, 9.17) is 5.73 Å². The molecule has 29 heavy (non-hydrogen) atoms. The number of hydrogen-bond acceptors (Lipinski definition) is 4. The van der Waals surface area contributed by atoms with Gasteiger partial charge in [-0.2, -0.15) is 5.10 Å². The minimum absolute atomic E-state index is 0.0420. The van der Waals surface area contributed by atoms with Crippen LogP contribution >= 0.6 is 0 Å². The SMILES string of the molecule is C[C@H](c1ccc(C=CC(N)=O)cc1)[C@@](O)(Cn1cncn1)c1ccc(F)cc1F. The number of hydrogen-bond donors (Lipinski definition) is 2. The van der Waals surface area contributed by atoms with Crippen molar-refractivity contribution in [2.24, 2.45) is 5.73 Å². The lowest BCUT2D eigenvalue weighted by Gasteiger charge is -2.35. The van der Waals surface area contributed by atoms with E-state index in [1.54, 1.807) is 37.3 Å². The van der Waals surface area contributed by atoms with Crippen LogP contribution in [0.5, 0.6) is 0 Å². The van der Waals surface area contributed by atoms with Gasteiger partial charge < -0.3 is 10.8 Å². The molecule has 3 N–H and O–H groups in total. The van der Waals surface area contributed by atoms with Gasteiger partial charge in [0, 0.05) is 23.6 Å². The second-order valence-electron chi connectivity index (χ2n) is 6.77. The van der Waals surface area contributed by atoms with Crippen molar-refractivity contribution >= 4 is 12.0 Å². The van der Waals surface area contributed by atoms with E-state index >= 15 is 0 Å². The molecule has 1 amide bonds. The van der Waals surface area contributed by atoms with Crippen LogP contribution in [0.25, 0.3) is 6.08 Å². The summed E-state index contributed by atoms with van der Waals surface area (Å²) in [6, 6.07) is 10.1. The molecule has 0 radical (unpaired) electrons. The maximum atomic E-state index is 14.6. The van der Waals surface area contributed by atoms with Gasteiger partial charge in [-0.1, -0.05) is 37.3 Å². The fourth-order valence-electron chi connectivity index (χ4n) is 3.21. The smallest absolute Gasteiger partial charge is 0.241 e. The van der Waals surface area contributed by atoms with Gasteiger partial charge in [-0.3, -0.25) is 4.79 Å². The zero-order valence-corrected chi connectivity index (χ0v) is 15.7. The molecule has 1 heterocycles. The molecule has 0 saturated heterocycles. The Morgan fingerprint density at radius 3 is 2.59 bits per heavy atom. The van der Waals surface area contributed by atoms with Crippen molar-refractivity contribution in [3.05, 3.63) is 89.5 Å². The molecule has 150 valence electrons. The van der Waals surface area contributed by atoms with E-state index in [0.717, 1.165) is 17.7 Å². The maximum Gasteiger partial charge on any atom is 0.241 e. The van der Waals surface area contributed by atoms with Crippen molar-refractivity contribution in [1.82, 2.24) is 14.8 Å². The second kappa shape index (κ2) is 8.32. The zero-order chi connectivity index (χ0) is 21.0. The Morgan fingerprint density at radius 1 is 1.28 bits per heavy atom. The Kier molecular flexibility index (Phi) is 5.84. The third-order valence-corrected chi connectivity index (χ3v) is 4.86. The number of halogens is 2. The highest BCUT2D eigenvalue weighted by Gasteiger charge is 2.39. The lowest BCUT2D eigenvalue weighted by atomic mass is 9.78. The molecule has 0 aliphatic heterocycles. The predicted molar refractivity (Wildman–Crippen MR) is 103 cm³/mol. The number of nitrogens with two attached hydrogens (primary N) is 1. The molecule has 0 aliphatic carbocycles. The van der Waals surface area contributed by atoms with E-state index < -0.39 is 29.1 Å². The minimum Gasteiger partial charge on any atom is -0.382 e. The lowest BCUT2D eigenvalue weighted by Crippen LogP contribution is -2.38. The average Bonchev–Trinajstić information content (AvgIpc) is 3.18. The minimum atomic E-state index is -1.73. The summed E-state index contributed by atoms with van der Waals surface area (Å²) in [7, 11) is 0. The van der Waals surface area contributed by atoms with Gasteiger partial charge in [-0.25, -0.2) is 18.4 Å². The summed E-state index contributed by atoms with van der Waals surface area (Å²) in [5.41, 5.74) is 4.79. The Bertz CT molecular complexity index is 1020. The number of carbonyl (C=O) groups is 1. The van der Waals surface area contributed by atoms with Gasteiger partial charge in [0.25, 0.3) is 0 Å². The maximum absolute atomic E-state index is 14.6. The number of aliphatic hydroxyl groups is 1. The Balaban J connectivity index is 2.00. The van der Waals surface area contributed by atoms with Gasteiger partial charge >= 0.3 is 0 Å². The molecule has 8 heteroatoms. The van der Waals surface area contributed by atoms with Crippen LogP contribution in [-0.2, 0) is 16.9 Å². The molecule has 3 rings (SSSR count). The van der Waals surface area contributed by atoms with E-state index in [-0.39, 0.29) is 12.1 Å². The van der Waals surface area contributed by atoms with Crippen LogP contribution in [0.2, 0.25) is 0 Å². The summed E-state index contributed by atoms with van der Waals surface area (Å²) in [4.78, 5) is 14.7. The van der Waals surface area contributed by atoms with Crippen molar-refractivity contribution in [3.8, 4) is 0 Å². The molecular formula is C21H20F2N4O2. The molecule has 6 nitrogen and oxygen atoms in total. The summed E-state index contributed by atoms with van der Waals surface area (Å²) in [6.45, 7) is 1.66. The van der Waals surface area contributed by atoms with Crippen LogP contribution in [0.4, 0.5) is 8.78 Å². The van der Waals surface area contributed by atoms with E-state index in [1.807, 2.05) is 0 Å². The van der Waals surface area contributed by atoms with Gasteiger partial charge in [0.05, 0.1) is 6.54 Å². The van der Waals surface area contributed by atoms with E-state index in [2.05, 4.69) is 10.1 Å². The topological polar surface area (TPSA) is 94.0 Å². The largest absolute Gasteiger partial charge is 0.382 e. The molecule has 2 atom stereocenters. The van der Waals surface area contributed by atoms with Crippen molar-refractivity contribution in [2.45, 2.75) is 25.0 Å². The van der Waals surface area contributed by atoms with Gasteiger partial charge in [-0.05, 0) is 23.3 Å². The predicted octanol–water partition coefficient (Wildman–Crippen LogP) is 2.75. The normalized spacial score (nSPS) is 14.6. The Morgan fingerprint density at radius 2 is 2.00 bits per heavy atom. The highest BCUT2D eigenvalue weighted by Crippen LogP contribution is 2.39. The van der Waals surface area contributed by atoms with Gasteiger partial charge in [0.2, 0.25) is 5.91 Å². The fraction of sp³-hybridized carbons (Fsp3) is 0.190. The number of aromatic nitrogens is 3. The summed E-state index contributed by atoms with van der Waals surface area (Å²) >= 11 is 0. The van der Waals surface area contributed by atoms with Crippen LogP contribution < -0.4 is 5.73 Å². The molecule has 0 fully saturated rings. The quantitative estimate of drug-likeness (QED) is 0.599. The number of rotatable bonds is 7. The molecule has 1 aromatic heterocycles. The first-order chi connectivity index (χ1) is 13.8. The van der Waals surface area contributed by atoms with Crippen LogP contribution in [0.3, 0.4) is 0 Å². The van der Waals surface area contributed by atoms with E-state index in [1.165, 1.54) is 29.5 Å². The second-order valence-corrected chi connectivity index (χ2v) is 6.77. The Labute approximate surface area is 166 Å². The van der Waals surface area contributed by atoms with E-state index in [9.17, 15) is 18.7 Å². The summed E-state index contributed by atoms with van der Waals surface area (Å²) in [5.74, 6) is -2.72. The first kappa shape index (κ1) is 20.3. The molecule has 0 saturated carbocycles. The standard InChI is InChI=1S/C21H20F2N4O2/c1-14(16-5-2-15(3-6-16)4-9-20(24)28)21(29,11-27-13-25-12-26-27)18-8-7-17(22)10-19(18)23/h2-10,12-14,29H,11H2,1H3,(H2,24,28)/t14-,21+/m1/s1. The fourth-order valence-corrected chi connectivity index (χ4v) is 3.21. The van der Waals surface area contributed by atoms with Gasteiger partial charge in [-0.15, -0.1) is 0 Å². The summed E-state index contributed by atoms with van der Waals surface area (Å²) in [6.07, 6.45) is 5.54. The van der Waals surface area contributed by atoms with Crippen molar-refractivity contribution < 1.29 is 18.7 Å². The summed E-state index contributed by atoms with van der Waals surface area (Å²) in [5, 5.41) is 15.6. The number of benzene rings is 2. The monoisotopic (exact) mass is 398 g/mol. The number of carbonyl (C=O) groups excluding carboxylic acids is 1. The first-order valence-corrected chi connectivity index (χ1v) is 8.87. The van der Waals surface area contributed by atoms with Crippen LogP contribution in [0, 0.1) is 11.6 Å². The van der Waals surface area contributed by atoms with Crippen LogP contribution in [0.15, 0.2) is 61.2 Å². The van der Waals surface area contributed by atoms with Crippen molar-refractivity contribution in [3.63, 3.8) is 0 Å². The molecule has 0 unspecified atom stereocenters. The van der Waals surface area contributed by atoms with Gasteiger partial charge in [0.15, 0.2) is 0 Å². The molecule has 0 bridgehead atoms. The molecule has 0 aliphatic rings. The van der Waals surface area contributed by atoms with Gasteiger partial charge in [0.1, 0.15) is 29.9 Å². The highest BCUT2D eigenvalue weighted by atomic mass is 19.1. The van der Waals surface area contributed by atoms with Crippen LogP contribution in [0.1, 0.15) is 29.5 Å². The highest BCUT2D eigenvalue weighted by molar-refractivity contribution is 5.90. The third kappa shape index (κ3) is 4.55. The molecular weight excluding hydrogens is 378 g/mol. The van der Waals surface area contributed by atoms with Crippen molar-refractivity contribution in [2.75, 3.05) is 0 Å². The van der Waals surface area contributed by atoms with Crippen LogP contribution in [-0.4, -0.2) is 25.8 Å². The lowest BCUT2D eigenvalue weighted by molar-refractivity contribution is -0.113. The number of primary amides is 1. The molecule has 2 aromatic carbocycles. The number of nitrogens with zero attached hydrogens (tertiary/aromatic N) is 3. The molecule has 3 aromatic rings. The number of amides is 1. The zero-order valence-electron chi connectivity index (χ0n) is 15.7. The average molecular weight is 398 g/mol. The van der Waals surface area contributed by atoms with E-state index in [0.29, 0.717) is 5.56 Å². The first-order valence-electron chi connectivity index (χ1n) is 8.87. The van der Waals surface area contributed by atoms with Crippen molar-refractivity contribution in [1.29, 1.82) is 0 Å². The molecule has 0 spiro atoms. The summed E-state index contributed by atoms with van der Waals surface area (Å²) < 4.78 is 29.4. The Hall–Kier alpha value is -3.39. The third-order valence-electron chi connectivity index (χ3n) is 4.86.